The normalized spacial score (nSPS) is 10.3. The first-order chi connectivity index (χ1) is 13.1. The molecule has 0 spiro atoms. The lowest BCUT2D eigenvalue weighted by atomic mass is 10.2. The van der Waals surface area contributed by atoms with Gasteiger partial charge in [0.25, 0.3) is 5.91 Å². The summed E-state index contributed by atoms with van der Waals surface area (Å²) < 4.78 is 11.8. The van der Waals surface area contributed by atoms with Gasteiger partial charge in [0.2, 0.25) is 0 Å². The van der Waals surface area contributed by atoms with Gasteiger partial charge < -0.3 is 14.8 Å². The van der Waals surface area contributed by atoms with Crippen molar-refractivity contribution in [2.24, 2.45) is 0 Å². The molecule has 0 aliphatic rings. The number of amides is 1. The number of tetrazole rings is 1. The zero-order valence-corrected chi connectivity index (χ0v) is 14.5. The third-order valence-corrected chi connectivity index (χ3v) is 3.44. The van der Waals surface area contributed by atoms with Crippen LogP contribution in [0.25, 0.3) is 0 Å². The van der Waals surface area contributed by atoms with Gasteiger partial charge in [-0.25, -0.2) is 4.68 Å². The summed E-state index contributed by atoms with van der Waals surface area (Å²) in [6.07, 6.45) is 1.28. The number of benzene rings is 2. The van der Waals surface area contributed by atoms with Crippen LogP contribution < -0.4 is 10.1 Å². The number of aromatic nitrogens is 4. The van der Waals surface area contributed by atoms with Crippen molar-refractivity contribution in [1.29, 1.82) is 0 Å². The van der Waals surface area contributed by atoms with Gasteiger partial charge in [-0.2, -0.15) is 0 Å². The minimum Gasteiger partial charge on any atom is -0.457 e. The zero-order valence-electron chi connectivity index (χ0n) is 14.5. The lowest BCUT2D eigenvalue weighted by molar-refractivity contribution is -0.148. The minimum atomic E-state index is -0.612. The number of hydrogen-bond acceptors (Lipinski definition) is 7. The highest BCUT2D eigenvalue weighted by Crippen LogP contribution is 2.23. The third-order valence-electron chi connectivity index (χ3n) is 3.44. The molecule has 3 aromatic rings. The van der Waals surface area contributed by atoms with E-state index in [-0.39, 0.29) is 6.54 Å². The predicted molar refractivity (Wildman–Crippen MR) is 95.1 cm³/mol. The molecular weight excluding hydrogens is 350 g/mol. The average molecular weight is 367 g/mol. The number of nitrogens with zero attached hydrogens (tertiary/aromatic N) is 4. The molecule has 27 heavy (non-hydrogen) atoms. The van der Waals surface area contributed by atoms with Crippen molar-refractivity contribution in [1.82, 2.24) is 20.2 Å². The zero-order chi connectivity index (χ0) is 19.1. The van der Waals surface area contributed by atoms with Gasteiger partial charge >= 0.3 is 5.97 Å². The first-order valence-corrected chi connectivity index (χ1v) is 8.09. The van der Waals surface area contributed by atoms with E-state index in [9.17, 15) is 9.59 Å². The van der Waals surface area contributed by atoms with E-state index < -0.39 is 18.5 Å². The van der Waals surface area contributed by atoms with Crippen LogP contribution in [0.2, 0.25) is 0 Å². The van der Waals surface area contributed by atoms with E-state index >= 15 is 0 Å². The molecule has 0 saturated heterocycles. The standard InChI is InChI=1S/C18H17N5O4/c1-13-2-6-15(7-3-13)27-16-8-4-14(5-9-16)20-17(24)11-26-18(25)10-23-12-19-21-22-23/h2-9,12H,10-11H2,1H3,(H,20,24). The van der Waals surface area contributed by atoms with Gasteiger partial charge in [0, 0.05) is 5.69 Å². The van der Waals surface area contributed by atoms with E-state index in [2.05, 4.69) is 20.8 Å². The van der Waals surface area contributed by atoms with Gasteiger partial charge in [-0.05, 0) is 53.7 Å². The molecular formula is C18H17N5O4. The molecule has 0 radical (unpaired) electrons. The van der Waals surface area contributed by atoms with Crippen LogP contribution in [0.5, 0.6) is 11.5 Å². The first-order valence-electron chi connectivity index (χ1n) is 8.09. The lowest BCUT2D eigenvalue weighted by Crippen LogP contribution is -2.23. The van der Waals surface area contributed by atoms with E-state index in [0.717, 1.165) is 11.3 Å². The van der Waals surface area contributed by atoms with E-state index in [4.69, 9.17) is 9.47 Å². The van der Waals surface area contributed by atoms with Crippen LogP contribution >= 0.6 is 0 Å². The van der Waals surface area contributed by atoms with Crippen molar-refractivity contribution < 1.29 is 19.1 Å². The molecule has 0 atom stereocenters. The summed E-state index contributed by atoms with van der Waals surface area (Å²) in [4.78, 5) is 23.4. The molecule has 0 unspecified atom stereocenters. The monoisotopic (exact) mass is 367 g/mol. The molecule has 2 aromatic carbocycles. The summed E-state index contributed by atoms with van der Waals surface area (Å²) in [5.41, 5.74) is 1.71. The minimum absolute atomic E-state index is 0.161. The number of nitrogens with one attached hydrogen (secondary N) is 1. The second-order valence-electron chi connectivity index (χ2n) is 5.66. The Morgan fingerprint density at radius 2 is 1.70 bits per heavy atom. The number of carbonyl (C=O) groups is 2. The Balaban J connectivity index is 1.45. The smallest absolute Gasteiger partial charge is 0.328 e. The highest BCUT2D eigenvalue weighted by atomic mass is 16.5. The van der Waals surface area contributed by atoms with Gasteiger partial charge in [0.1, 0.15) is 24.4 Å². The summed E-state index contributed by atoms with van der Waals surface area (Å²) in [5.74, 6) is 0.308. The second kappa shape index (κ2) is 8.56. The van der Waals surface area contributed by atoms with Crippen LogP contribution in [-0.2, 0) is 20.9 Å². The molecule has 9 nitrogen and oxygen atoms in total. The molecule has 9 heteroatoms. The maximum Gasteiger partial charge on any atom is 0.328 e. The van der Waals surface area contributed by atoms with Crippen LogP contribution in [0.3, 0.4) is 0 Å². The molecule has 0 saturated carbocycles. The van der Waals surface area contributed by atoms with Crippen molar-refractivity contribution >= 4 is 17.6 Å². The maximum atomic E-state index is 11.9. The number of ether oxygens (including phenoxy) is 2. The molecule has 1 N–H and O–H groups in total. The summed E-state index contributed by atoms with van der Waals surface area (Å²) in [6, 6.07) is 14.6. The Morgan fingerprint density at radius 1 is 1.04 bits per heavy atom. The van der Waals surface area contributed by atoms with Gasteiger partial charge in [-0.1, -0.05) is 17.7 Å². The van der Waals surface area contributed by atoms with E-state index in [0.29, 0.717) is 11.4 Å². The number of esters is 1. The average Bonchev–Trinajstić information content (AvgIpc) is 3.16. The number of rotatable bonds is 7. The van der Waals surface area contributed by atoms with Crippen LogP contribution in [0.15, 0.2) is 54.9 Å². The second-order valence-corrected chi connectivity index (χ2v) is 5.66. The molecule has 138 valence electrons. The molecule has 1 aromatic heterocycles. The molecule has 3 rings (SSSR count). The Labute approximate surface area is 154 Å². The molecule has 1 amide bonds. The predicted octanol–water partition coefficient (Wildman–Crippen LogP) is 1.96. The van der Waals surface area contributed by atoms with Gasteiger partial charge in [-0.3, -0.25) is 9.59 Å². The molecule has 0 bridgehead atoms. The van der Waals surface area contributed by atoms with Gasteiger partial charge in [-0.15, -0.1) is 5.10 Å². The SMILES string of the molecule is Cc1ccc(Oc2ccc(NC(=O)COC(=O)Cn3cnnn3)cc2)cc1. The van der Waals surface area contributed by atoms with Crippen molar-refractivity contribution in [3.05, 3.63) is 60.4 Å². The highest BCUT2D eigenvalue weighted by molar-refractivity contribution is 5.92. The number of aryl methyl sites for hydroxylation is 1. The number of anilines is 1. The summed E-state index contributed by atoms with van der Waals surface area (Å²) in [7, 11) is 0. The molecule has 1 heterocycles. The van der Waals surface area contributed by atoms with Gasteiger partial charge in [0.05, 0.1) is 0 Å². The van der Waals surface area contributed by atoms with Crippen LogP contribution in [-0.4, -0.2) is 38.7 Å². The molecule has 0 aliphatic heterocycles. The van der Waals surface area contributed by atoms with E-state index in [1.165, 1.54) is 11.0 Å². The van der Waals surface area contributed by atoms with Crippen molar-refractivity contribution in [3.63, 3.8) is 0 Å². The highest BCUT2D eigenvalue weighted by Gasteiger charge is 2.09. The number of carbonyl (C=O) groups excluding carboxylic acids is 2. The van der Waals surface area contributed by atoms with E-state index in [1.54, 1.807) is 24.3 Å². The Bertz CT molecular complexity index is 893. The Morgan fingerprint density at radius 3 is 2.33 bits per heavy atom. The third kappa shape index (κ3) is 5.63. The Hall–Kier alpha value is -3.75. The van der Waals surface area contributed by atoms with E-state index in [1.807, 2.05) is 31.2 Å². The van der Waals surface area contributed by atoms with Crippen molar-refractivity contribution in [3.8, 4) is 11.5 Å². The largest absolute Gasteiger partial charge is 0.457 e. The fourth-order valence-electron chi connectivity index (χ4n) is 2.12. The fourth-order valence-corrected chi connectivity index (χ4v) is 2.12. The maximum absolute atomic E-state index is 11.9. The molecule has 0 aliphatic carbocycles. The van der Waals surface area contributed by atoms with Crippen LogP contribution in [0.1, 0.15) is 5.56 Å². The first kappa shape index (κ1) is 18.1. The lowest BCUT2D eigenvalue weighted by Gasteiger charge is -2.09. The van der Waals surface area contributed by atoms with Crippen LogP contribution in [0, 0.1) is 6.92 Å². The van der Waals surface area contributed by atoms with Crippen molar-refractivity contribution in [2.75, 3.05) is 11.9 Å². The van der Waals surface area contributed by atoms with Crippen molar-refractivity contribution in [2.45, 2.75) is 13.5 Å². The quantitative estimate of drug-likeness (QED) is 0.636. The fraction of sp³-hybridized carbons (Fsp3) is 0.167. The summed E-state index contributed by atoms with van der Waals surface area (Å²) in [6.45, 7) is 1.44. The summed E-state index contributed by atoms with van der Waals surface area (Å²) >= 11 is 0. The molecule has 0 fully saturated rings. The topological polar surface area (TPSA) is 108 Å². The van der Waals surface area contributed by atoms with Gasteiger partial charge in [0.15, 0.2) is 6.61 Å². The Kier molecular flexibility index (Phi) is 5.73. The number of hydrogen-bond donors (Lipinski definition) is 1. The summed E-state index contributed by atoms with van der Waals surface area (Å²) in [5, 5.41) is 13.0. The van der Waals surface area contributed by atoms with Crippen LogP contribution in [0.4, 0.5) is 5.69 Å².